The smallest absolute Gasteiger partial charge is 0.282 e. The van der Waals surface area contributed by atoms with Gasteiger partial charge in [-0.1, -0.05) is 44.8 Å². The molecule has 0 aliphatic carbocycles. The lowest BCUT2D eigenvalue weighted by atomic mass is 10.0. The van der Waals surface area contributed by atoms with E-state index in [0.29, 0.717) is 47.4 Å². The number of aromatic nitrogens is 4. The summed E-state index contributed by atoms with van der Waals surface area (Å²) in [5.41, 5.74) is 8.61. The highest BCUT2D eigenvalue weighted by Gasteiger charge is 2.26. The van der Waals surface area contributed by atoms with E-state index >= 15 is 0 Å². The number of aliphatic imine (C=N–C) groups is 1. The third-order valence-corrected chi connectivity index (χ3v) is 8.20. The van der Waals surface area contributed by atoms with Crippen molar-refractivity contribution in [2.45, 2.75) is 51.9 Å². The third kappa shape index (κ3) is 7.65. The first-order chi connectivity index (χ1) is 20.1. The van der Waals surface area contributed by atoms with Crippen molar-refractivity contribution < 1.29 is 18.7 Å². The molecule has 4 rings (SSSR count). The molecule has 220 valence electrons. The topological polar surface area (TPSA) is 130 Å². The Morgan fingerprint density at radius 3 is 2.60 bits per heavy atom. The van der Waals surface area contributed by atoms with Crippen molar-refractivity contribution in [3.63, 3.8) is 0 Å². The first-order valence-electron chi connectivity index (χ1n) is 13.6. The van der Waals surface area contributed by atoms with Crippen LogP contribution in [0.2, 0.25) is 25.7 Å². The zero-order chi connectivity index (χ0) is 30.3. The number of nitrogens with one attached hydrogen (secondary N) is 1. The Kier molecular flexibility index (Phi) is 9.81. The standard InChI is InChI=1S/C30H36FN7O3Si/c1-6-24(20-7-10-22(31)11-8-20)41-25-17-21(9-12-23(25)32)28-27(30(39)33-2)29(36-26-18-34-13-14-35-26)38(37-28)19-40-15-16-42(3,4)5/h7-14,17-18,24H,2,6,15-16,19,32H2,1,3-5H3,(H,35,36). The van der Waals surface area contributed by atoms with Crippen molar-refractivity contribution in [1.82, 2.24) is 19.7 Å². The lowest BCUT2D eigenvalue weighted by Crippen LogP contribution is -2.22. The van der Waals surface area contributed by atoms with E-state index < -0.39 is 14.0 Å². The van der Waals surface area contributed by atoms with Crippen LogP contribution in [0, 0.1) is 5.82 Å². The summed E-state index contributed by atoms with van der Waals surface area (Å²) in [5, 5.41) is 7.92. The molecule has 4 aromatic rings. The highest BCUT2D eigenvalue weighted by Crippen LogP contribution is 2.37. The van der Waals surface area contributed by atoms with Crippen LogP contribution in [0.5, 0.6) is 5.75 Å². The largest absolute Gasteiger partial charge is 0.484 e. The molecule has 0 radical (unpaired) electrons. The lowest BCUT2D eigenvalue weighted by Gasteiger charge is -2.20. The van der Waals surface area contributed by atoms with Crippen molar-refractivity contribution in [3.8, 4) is 17.0 Å². The molecule has 0 bridgehead atoms. The quantitative estimate of drug-likeness (QED) is 0.0784. The zero-order valence-electron chi connectivity index (χ0n) is 24.3. The molecular formula is C30H36FN7O3Si. The fourth-order valence-corrected chi connectivity index (χ4v) is 4.94. The number of hydrogen-bond donors (Lipinski definition) is 2. The van der Waals surface area contributed by atoms with E-state index in [2.05, 4.69) is 46.6 Å². The highest BCUT2D eigenvalue weighted by molar-refractivity contribution is 6.76. The number of nitrogens with zero attached hydrogens (tertiary/aromatic N) is 5. The number of hydrogen-bond acceptors (Lipinski definition) is 8. The Morgan fingerprint density at radius 2 is 1.95 bits per heavy atom. The summed E-state index contributed by atoms with van der Waals surface area (Å²) in [6.45, 7) is 12.9. The maximum Gasteiger partial charge on any atom is 0.282 e. The summed E-state index contributed by atoms with van der Waals surface area (Å²) in [6, 6.07) is 12.3. The van der Waals surface area contributed by atoms with Crippen molar-refractivity contribution in [2.24, 2.45) is 4.99 Å². The molecule has 1 amide bonds. The molecule has 10 nitrogen and oxygen atoms in total. The summed E-state index contributed by atoms with van der Waals surface area (Å²) in [7, 11) is -1.32. The van der Waals surface area contributed by atoms with Gasteiger partial charge in [-0.2, -0.15) is 5.10 Å². The molecule has 12 heteroatoms. The number of anilines is 3. The Morgan fingerprint density at radius 1 is 1.19 bits per heavy atom. The maximum absolute atomic E-state index is 13.5. The molecule has 2 heterocycles. The number of nitrogens with two attached hydrogens (primary N) is 1. The van der Waals surface area contributed by atoms with E-state index in [9.17, 15) is 9.18 Å². The van der Waals surface area contributed by atoms with Crippen LogP contribution in [0.1, 0.15) is 35.4 Å². The number of benzene rings is 2. The normalized spacial score (nSPS) is 12.1. The molecule has 0 aliphatic heterocycles. The molecule has 2 aromatic heterocycles. The highest BCUT2D eigenvalue weighted by atomic mass is 28.3. The second kappa shape index (κ2) is 13.5. The first-order valence-corrected chi connectivity index (χ1v) is 17.3. The number of rotatable bonds is 13. The van der Waals surface area contributed by atoms with Crippen molar-refractivity contribution in [1.29, 1.82) is 0 Å². The van der Waals surface area contributed by atoms with Gasteiger partial charge in [0.1, 0.15) is 47.3 Å². The van der Waals surface area contributed by atoms with Crippen LogP contribution in [0.15, 0.2) is 66.0 Å². The van der Waals surface area contributed by atoms with Crippen LogP contribution in [0.25, 0.3) is 11.3 Å². The van der Waals surface area contributed by atoms with Crippen LogP contribution in [0.3, 0.4) is 0 Å². The van der Waals surface area contributed by atoms with Crippen LogP contribution in [-0.4, -0.2) is 47.1 Å². The molecule has 0 spiro atoms. The number of carbonyl (C=O) groups is 1. The second-order valence-electron chi connectivity index (χ2n) is 10.9. The van der Waals surface area contributed by atoms with Gasteiger partial charge >= 0.3 is 0 Å². The average molecular weight is 590 g/mol. The third-order valence-electron chi connectivity index (χ3n) is 6.50. The van der Waals surface area contributed by atoms with Crippen molar-refractivity contribution >= 4 is 38.0 Å². The summed E-state index contributed by atoms with van der Waals surface area (Å²) in [6.07, 6.45) is 4.88. The van der Waals surface area contributed by atoms with E-state index in [1.54, 1.807) is 41.2 Å². The minimum atomic E-state index is -1.32. The molecule has 2 aromatic carbocycles. The van der Waals surface area contributed by atoms with Crippen LogP contribution in [0.4, 0.5) is 21.7 Å². The Labute approximate surface area is 245 Å². The molecule has 0 fully saturated rings. The van der Waals surface area contributed by atoms with E-state index in [4.69, 9.17) is 20.3 Å². The Bertz CT molecular complexity index is 1520. The lowest BCUT2D eigenvalue weighted by molar-refractivity contribution is 0.0802. The molecule has 3 N–H and O–H groups in total. The zero-order valence-corrected chi connectivity index (χ0v) is 25.3. The molecule has 1 atom stereocenters. The van der Waals surface area contributed by atoms with E-state index in [-0.39, 0.29) is 24.2 Å². The minimum absolute atomic E-state index is 0.0886. The number of nitrogen functional groups attached to an aromatic ring is 1. The fraction of sp³-hybridized carbons (Fsp3) is 0.300. The van der Waals surface area contributed by atoms with Crippen LogP contribution >= 0.6 is 0 Å². The SMILES string of the molecule is C=NC(=O)c1c(-c2ccc(N)c(OC(CC)c3ccc(F)cc3)c2)nn(COCC[Si](C)(C)C)c1Nc1cnccn1. The van der Waals surface area contributed by atoms with Crippen molar-refractivity contribution in [2.75, 3.05) is 17.7 Å². The van der Waals surface area contributed by atoms with E-state index in [1.165, 1.54) is 24.5 Å². The van der Waals surface area contributed by atoms with Gasteiger partial charge < -0.3 is 20.5 Å². The van der Waals surface area contributed by atoms with Gasteiger partial charge in [-0.15, -0.1) is 0 Å². The summed E-state index contributed by atoms with van der Waals surface area (Å²) >= 11 is 0. The number of amides is 1. The summed E-state index contributed by atoms with van der Waals surface area (Å²) < 4.78 is 27.4. The molecule has 0 aliphatic rings. The fourth-order valence-electron chi connectivity index (χ4n) is 4.18. The average Bonchev–Trinajstić information content (AvgIpc) is 3.32. The van der Waals surface area contributed by atoms with Crippen LogP contribution < -0.4 is 15.8 Å². The van der Waals surface area contributed by atoms with Gasteiger partial charge in [-0.25, -0.2) is 19.0 Å². The van der Waals surface area contributed by atoms with Gasteiger partial charge in [0.05, 0.1) is 11.9 Å². The predicted octanol–water partition coefficient (Wildman–Crippen LogP) is 6.49. The van der Waals surface area contributed by atoms with Gasteiger partial charge in [0.15, 0.2) is 0 Å². The number of carbonyl (C=O) groups excluding carboxylic acids is 1. The predicted molar refractivity (Wildman–Crippen MR) is 165 cm³/mol. The summed E-state index contributed by atoms with van der Waals surface area (Å²) in [4.78, 5) is 25.3. The molecule has 0 saturated carbocycles. The molecular weight excluding hydrogens is 553 g/mol. The van der Waals surface area contributed by atoms with Gasteiger partial charge in [0, 0.05) is 32.6 Å². The van der Waals surface area contributed by atoms with Crippen molar-refractivity contribution in [3.05, 3.63) is 78.0 Å². The number of halogens is 1. The molecule has 1 unspecified atom stereocenters. The van der Waals surface area contributed by atoms with E-state index in [0.717, 1.165) is 11.6 Å². The Hall–Kier alpha value is -4.42. The Balaban J connectivity index is 1.75. The van der Waals surface area contributed by atoms with Gasteiger partial charge in [0.25, 0.3) is 5.91 Å². The van der Waals surface area contributed by atoms with Gasteiger partial charge in [-0.3, -0.25) is 9.78 Å². The number of ether oxygens (including phenoxy) is 2. The second-order valence-corrected chi connectivity index (χ2v) is 16.5. The van der Waals surface area contributed by atoms with Crippen LogP contribution in [-0.2, 0) is 11.5 Å². The van der Waals surface area contributed by atoms with Gasteiger partial charge in [0.2, 0.25) is 0 Å². The van der Waals surface area contributed by atoms with Gasteiger partial charge in [-0.05, 0) is 49.0 Å². The molecule has 0 saturated heterocycles. The minimum Gasteiger partial charge on any atom is -0.484 e. The summed E-state index contributed by atoms with van der Waals surface area (Å²) in [5.74, 6) is 0.249. The molecule has 42 heavy (non-hydrogen) atoms. The first kappa shape index (κ1) is 30.5. The maximum atomic E-state index is 13.5. The monoisotopic (exact) mass is 589 g/mol. The van der Waals surface area contributed by atoms with E-state index in [1.807, 2.05) is 6.92 Å².